The summed E-state index contributed by atoms with van der Waals surface area (Å²) in [5, 5.41) is 3.39. The topological polar surface area (TPSA) is 32.3 Å². The lowest BCUT2D eigenvalue weighted by Gasteiger charge is -2.38. The highest BCUT2D eigenvalue weighted by Gasteiger charge is 2.25. The summed E-state index contributed by atoms with van der Waals surface area (Å²) in [6.45, 7) is 4.60. The van der Waals surface area contributed by atoms with Crippen molar-refractivity contribution in [3.63, 3.8) is 0 Å². The predicted octanol–water partition coefficient (Wildman–Crippen LogP) is 0.649. The zero-order chi connectivity index (χ0) is 9.80. The van der Waals surface area contributed by atoms with E-state index < -0.39 is 0 Å². The zero-order valence-corrected chi connectivity index (χ0v) is 8.74. The number of nitrogens with one attached hydrogen (secondary N) is 1. The van der Waals surface area contributed by atoms with Gasteiger partial charge in [0.2, 0.25) is 0 Å². The Morgan fingerprint density at radius 1 is 1.07 bits per heavy atom. The summed E-state index contributed by atoms with van der Waals surface area (Å²) in [5.41, 5.74) is 0. The van der Waals surface area contributed by atoms with Crippen LogP contribution in [0.3, 0.4) is 0 Å². The molecule has 2 aliphatic rings. The minimum absolute atomic E-state index is 0.341. The Morgan fingerprint density at radius 2 is 1.71 bits per heavy atom. The zero-order valence-electron chi connectivity index (χ0n) is 8.74. The van der Waals surface area contributed by atoms with Crippen molar-refractivity contribution in [1.29, 1.82) is 0 Å². The van der Waals surface area contributed by atoms with Crippen LogP contribution in [0.4, 0.5) is 0 Å². The van der Waals surface area contributed by atoms with Gasteiger partial charge in [0.05, 0.1) is 0 Å². The molecule has 2 aliphatic heterocycles. The second-order valence-electron chi connectivity index (χ2n) is 4.49. The number of rotatable bonds is 2. The molecule has 14 heavy (non-hydrogen) atoms. The van der Waals surface area contributed by atoms with Crippen molar-refractivity contribution in [2.24, 2.45) is 5.92 Å². The molecule has 0 unspecified atom stereocenters. The highest BCUT2D eigenvalue weighted by molar-refractivity contribution is 5.53. The first kappa shape index (κ1) is 10.1. The van der Waals surface area contributed by atoms with E-state index in [1.165, 1.54) is 12.8 Å². The van der Waals surface area contributed by atoms with Crippen molar-refractivity contribution < 1.29 is 4.79 Å². The van der Waals surface area contributed by atoms with Gasteiger partial charge in [0.15, 0.2) is 0 Å². The molecular formula is C11H20N2O. The van der Waals surface area contributed by atoms with E-state index >= 15 is 0 Å². The molecule has 0 saturated carbocycles. The largest absolute Gasteiger partial charge is 0.317 e. The van der Waals surface area contributed by atoms with E-state index in [1.807, 2.05) is 0 Å². The number of hydrogen-bond acceptors (Lipinski definition) is 3. The first-order valence-corrected chi connectivity index (χ1v) is 5.80. The van der Waals surface area contributed by atoms with Crippen LogP contribution in [0, 0.1) is 5.92 Å². The maximum Gasteiger partial charge on any atom is 0.123 e. The van der Waals surface area contributed by atoms with Gasteiger partial charge >= 0.3 is 0 Å². The van der Waals surface area contributed by atoms with E-state index in [0.29, 0.717) is 5.92 Å². The lowest BCUT2D eigenvalue weighted by Crippen LogP contribution is -2.46. The van der Waals surface area contributed by atoms with Gasteiger partial charge in [-0.25, -0.2) is 0 Å². The van der Waals surface area contributed by atoms with E-state index in [0.717, 1.165) is 51.3 Å². The fraction of sp³-hybridized carbons (Fsp3) is 0.909. The summed E-state index contributed by atoms with van der Waals surface area (Å²) in [4.78, 5) is 13.2. The highest BCUT2D eigenvalue weighted by atomic mass is 16.1. The SMILES string of the molecule is O=CC1CCN(C2CCNCC2)CC1. The number of carbonyl (C=O) groups excluding carboxylic acids is 1. The number of hydrogen-bond donors (Lipinski definition) is 1. The highest BCUT2D eigenvalue weighted by Crippen LogP contribution is 2.20. The number of piperidine rings is 2. The number of likely N-dealkylation sites (tertiary alicyclic amines) is 1. The molecule has 3 nitrogen and oxygen atoms in total. The van der Waals surface area contributed by atoms with Crippen LogP contribution >= 0.6 is 0 Å². The van der Waals surface area contributed by atoms with Crippen molar-refractivity contribution >= 4 is 6.29 Å². The third-order valence-electron chi connectivity index (χ3n) is 3.59. The molecule has 80 valence electrons. The summed E-state index contributed by atoms with van der Waals surface area (Å²) < 4.78 is 0. The Bertz CT molecular complexity index is 182. The Labute approximate surface area is 85.8 Å². The van der Waals surface area contributed by atoms with Crippen molar-refractivity contribution in [3.8, 4) is 0 Å². The molecule has 2 rings (SSSR count). The molecule has 0 aromatic heterocycles. The molecule has 0 aromatic rings. The quantitative estimate of drug-likeness (QED) is 0.658. The van der Waals surface area contributed by atoms with Gasteiger partial charge in [-0.15, -0.1) is 0 Å². The molecule has 0 aromatic carbocycles. The van der Waals surface area contributed by atoms with E-state index in [2.05, 4.69) is 10.2 Å². The lowest BCUT2D eigenvalue weighted by molar-refractivity contribution is -0.112. The Balaban J connectivity index is 1.78. The van der Waals surface area contributed by atoms with Gasteiger partial charge in [0, 0.05) is 12.0 Å². The smallest absolute Gasteiger partial charge is 0.123 e. The number of nitrogens with zero attached hydrogens (tertiary/aromatic N) is 1. The van der Waals surface area contributed by atoms with Gasteiger partial charge < -0.3 is 15.0 Å². The summed E-state index contributed by atoms with van der Waals surface area (Å²) in [5.74, 6) is 0.341. The van der Waals surface area contributed by atoms with Crippen LogP contribution in [0.15, 0.2) is 0 Å². The average Bonchev–Trinajstić information content (AvgIpc) is 2.30. The molecule has 0 amide bonds. The summed E-state index contributed by atoms with van der Waals surface area (Å²) in [6.07, 6.45) is 5.86. The molecule has 3 heteroatoms. The standard InChI is InChI=1S/C11H20N2O/c14-9-10-3-7-13(8-4-10)11-1-5-12-6-2-11/h9-12H,1-8H2. The molecule has 1 N–H and O–H groups in total. The second kappa shape index (κ2) is 4.89. The molecular weight excluding hydrogens is 176 g/mol. The molecule has 0 aliphatic carbocycles. The van der Waals surface area contributed by atoms with Crippen molar-refractivity contribution in [2.75, 3.05) is 26.2 Å². The number of aldehydes is 1. The van der Waals surface area contributed by atoms with Crippen molar-refractivity contribution in [3.05, 3.63) is 0 Å². The first-order chi connectivity index (χ1) is 6.90. The third-order valence-corrected chi connectivity index (χ3v) is 3.59. The van der Waals surface area contributed by atoms with Crippen molar-refractivity contribution in [1.82, 2.24) is 10.2 Å². The van der Waals surface area contributed by atoms with Gasteiger partial charge in [0.25, 0.3) is 0 Å². The van der Waals surface area contributed by atoms with E-state index in [9.17, 15) is 4.79 Å². The molecule has 2 heterocycles. The van der Waals surface area contributed by atoms with Gasteiger partial charge in [-0.3, -0.25) is 0 Å². The molecule has 0 bridgehead atoms. The van der Waals surface area contributed by atoms with E-state index in [4.69, 9.17) is 0 Å². The molecule has 2 fully saturated rings. The minimum atomic E-state index is 0.341. The van der Waals surface area contributed by atoms with Gasteiger partial charge in [-0.05, 0) is 51.9 Å². The maximum atomic E-state index is 10.6. The first-order valence-electron chi connectivity index (χ1n) is 5.80. The van der Waals surface area contributed by atoms with Gasteiger partial charge in [0.1, 0.15) is 6.29 Å². The van der Waals surface area contributed by atoms with Gasteiger partial charge in [-0.1, -0.05) is 0 Å². The molecule has 0 atom stereocenters. The van der Waals surface area contributed by atoms with Crippen LogP contribution in [-0.2, 0) is 4.79 Å². The average molecular weight is 196 g/mol. The van der Waals surface area contributed by atoms with Crippen LogP contribution in [0.2, 0.25) is 0 Å². The minimum Gasteiger partial charge on any atom is -0.317 e. The van der Waals surface area contributed by atoms with Gasteiger partial charge in [-0.2, -0.15) is 0 Å². The predicted molar refractivity (Wildman–Crippen MR) is 56.3 cm³/mol. The van der Waals surface area contributed by atoms with Crippen LogP contribution in [-0.4, -0.2) is 43.4 Å². The van der Waals surface area contributed by atoms with Crippen LogP contribution in [0.25, 0.3) is 0 Å². The Hall–Kier alpha value is -0.410. The van der Waals surface area contributed by atoms with Crippen molar-refractivity contribution in [2.45, 2.75) is 31.7 Å². The van der Waals surface area contributed by atoms with Crippen LogP contribution in [0.5, 0.6) is 0 Å². The summed E-state index contributed by atoms with van der Waals surface area (Å²) >= 11 is 0. The summed E-state index contributed by atoms with van der Waals surface area (Å²) in [6, 6.07) is 0.781. The third kappa shape index (κ3) is 2.34. The molecule has 0 radical (unpaired) electrons. The van der Waals surface area contributed by atoms with E-state index in [-0.39, 0.29) is 0 Å². The molecule has 2 saturated heterocycles. The Morgan fingerprint density at radius 3 is 2.29 bits per heavy atom. The van der Waals surface area contributed by atoms with Crippen LogP contribution in [0.1, 0.15) is 25.7 Å². The fourth-order valence-electron chi connectivity index (χ4n) is 2.59. The van der Waals surface area contributed by atoms with E-state index in [1.54, 1.807) is 0 Å². The summed E-state index contributed by atoms with van der Waals surface area (Å²) in [7, 11) is 0. The second-order valence-corrected chi connectivity index (χ2v) is 4.49. The fourth-order valence-corrected chi connectivity index (χ4v) is 2.59. The monoisotopic (exact) mass is 196 g/mol. The molecule has 0 spiro atoms. The lowest BCUT2D eigenvalue weighted by atomic mass is 9.95. The maximum absolute atomic E-state index is 10.6. The number of carbonyl (C=O) groups is 1. The normalized spacial score (nSPS) is 27.7. The Kier molecular flexibility index (Phi) is 3.54. The van der Waals surface area contributed by atoms with Crippen LogP contribution < -0.4 is 5.32 Å².